The van der Waals surface area contributed by atoms with Gasteiger partial charge in [0.1, 0.15) is 0 Å². The second kappa shape index (κ2) is 3.92. The third-order valence-corrected chi connectivity index (χ3v) is 2.91. The minimum absolute atomic E-state index is 0.226. The van der Waals surface area contributed by atoms with Gasteiger partial charge in [-0.2, -0.15) is 5.06 Å². The molecule has 1 saturated heterocycles. The fraction of sp³-hybridized carbons (Fsp3) is 0.600. The molecule has 1 atom stereocenters. The Bertz CT molecular complexity index is 275. The van der Waals surface area contributed by atoms with Gasteiger partial charge in [0.25, 0.3) is 11.8 Å². The van der Waals surface area contributed by atoms with E-state index < -0.39 is 17.2 Å². The van der Waals surface area contributed by atoms with Crippen LogP contribution in [0.3, 0.4) is 0 Å². The van der Waals surface area contributed by atoms with E-state index in [0.717, 1.165) is 0 Å². The normalized spacial score (nSPS) is 28.0. The molecule has 0 saturated carbocycles. The average Bonchev–Trinajstić information content (AvgIpc) is 2.20. The maximum absolute atomic E-state index is 11.7. The first-order valence-corrected chi connectivity index (χ1v) is 4.74. The zero-order chi connectivity index (χ0) is 10.8. The Morgan fingerprint density at radius 3 is 2.79 bits per heavy atom. The molecule has 0 aromatic carbocycles. The lowest BCUT2D eigenvalue weighted by molar-refractivity contribution is -0.193. The van der Waals surface area contributed by atoms with Crippen molar-refractivity contribution in [3.63, 3.8) is 0 Å². The summed E-state index contributed by atoms with van der Waals surface area (Å²) in [6.45, 7) is 5.47. The Labute approximate surface area is 83.2 Å². The number of rotatable bonds is 3. The van der Waals surface area contributed by atoms with Crippen molar-refractivity contribution in [3.05, 3.63) is 12.7 Å². The van der Waals surface area contributed by atoms with Crippen LogP contribution in [0.25, 0.3) is 0 Å². The van der Waals surface area contributed by atoms with Crippen LogP contribution in [0.2, 0.25) is 0 Å². The van der Waals surface area contributed by atoms with Crippen LogP contribution in [-0.2, 0) is 9.59 Å². The van der Waals surface area contributed by atoms with Gasteiger partial charge in [0, 0.05) is 6.42 Å². The number of hydrogen-bond acceptors (Lipinski definition) is 3. The van der Waals surface area contributed by atoms with Crippen molar-refractivity contribution in [2.75, 3.05) is 0 Å². The molecule has 1 heterocycles. The highest BCUT2D eigenvalue weighted by atomic mass is 16.5. The van der Waals surface area contributed by atoms with Crippen molar-refractivity contribution >= 4 is 11.8 Å². The van der Waals surface area contributed by atoms with E-state index in [1.54, 1.807) is 6.08 Å². The number of hydrogen-bond donors (Lipinski definition) is 1. The standard InChI is InChI=1S/C10H15NO3/c1-3-6-10(4-2)7-5-8(12)11(14)9(10)13/h3,14H,1,4-7H2,2H3/t10-/m1/s1. The molecule has 0 aliphatic carbocycles. The lowest BCUT2D eigenvalue weighted by atomic mass is 9.74. The van der Waals surface area contributed by atoms with E-state index in [0.29, 0.717) is 19.3 Å². The van der Waals surface area contributed by atoms with Gasteiger partial charge in [-0.1, -0.05) is 13.0 Å². The highest BCUT2D eigenvalue weighted by Gasteiger charge is 2.44. The van der Waals surface area contributed by atoms with Crippen LogP contribution in [-0.4, -0.2) is 22.1 Å². The van der Waals surface area contributed by atoms with Crippen molar-refractivity contribution in [2.45, 2.75) is 32.6 Å². The number of piperidine rings is 1. The summed E-state index contributed by atoms with van der Waals surface area (Å²) in [7, 11) is 0. The fourth-order valence-electron chi connectivity index (χ4n) is 1.83. The van der Waals surface area contributed by atoms with E-state index in [-0.39, 0.29) is 11.5 Å². The third kappa shape index (κ3) is 1.57. The second-order valence-corrected chi connectivity index (χ2v) is 3.64. The van der Waals surface area contributed by atoms with E-state index in [4.69, 9.17) is 0 Å². The molecule has 0 spiro atoms. The van der Waals surface area contributed by atoms with Gasteiger partial charge in [-0.25, -0.2) is 0 Å². The lowest BCUT2D eigenvalue weighted by Crippen LogP contribution is -2.49. The summed E-state index contributed by atoms with van der Waals surface area (Å²) in [6.07, 6.45) is 3.51. The predicted molar refractivity (Wildman–Crippen MR) is 50.4 cm³/mol. The maximum Gasteiger partial charge on any atom is 0.259 e. The van der Waals surface area contributed by atoms with Crippen LogP contribution in [0, 0.1) is 5.41 Å². The van der Waals surface area contributed by atoms with Crippen LogP contribution in [0.15, 0.2) is 12.7 Å². The van der Waals surface area contributed by atoms with Gasteiger partial charge >= 0.3 is 0 Å². The van der Waals surface area contributed by atoms with Gasteiger partial charge in [-0.15, -0.1) is 6.58 Å². The van der Waals surface area contributed by atoms with E-state index in [9.17, 15) is 14.8 Å². The molecule has 1 N–H and O–H groups in total. The monoisotopic (exact) mass is 197 g/mol. The Balaban J connectivity index is 2.92. The fourth-order valence-corrected chi connectivity index (χ4v) is 1.83. The number of carbonyl (C=O) groups excluding carboxylic acids is 2. The molecule has 1 aliphatic heterocycles. The average molecular weight is 197 g/mol. The molecule has 4 nitrogen and oxygen atoms in total. The van der Waals surface area contributed by atoms with Crippen LogP contribution < -0.4 is 0 Å². The first-order chi connectivity index (χ1) is 6.57. The molecule has 78 valence electrons. The predicted octanol–water partition coefficient (Wildman–Crippen LogP) is 1.50. The van der Waals surface area contributed by atoms with Crippen molar-refractivity contribution < 1.29 is 14.8 Å². The van der Waals surface area contributed by atoms with Crippen molar-refractivity contribution in [1.82, 2.24) is 5.06 Å². The summed E-state index contributed by atoms with van der Waals surface area (Å²) in [5.74, 6) is -1.00. The van der Waals surface area contributed by atoms with Crippen LogP contribution in [0.4, 0.5) is 0 Å². The Kier molecular flexibility index (Phi) is 3.06. The molecular formula is C10H15NO3. The van der Waals surface area contributed by atoms with E-state index in [1.807, 2.05) is 6.92 Å². The number of allylic oxidation sites excluding steroid dienone is 1. The number of amides is 2. The molecule has 0 aromatic heterocycles. The SMILES string of the molecule is C=CC[C@]1(CC)CCC(=O)N(O)C1=O. The lowest BCUT2D eigenvalue weighted by Gasteiger charge is -2.36. The molecule has 1 aliphatic rings. The van der Waals surface area contributed by atoms with Gasteiger partial charge in [0.2, 0.25) is 0 Å². The van der Waals surface area contributed by atoms with Crippen LogP contribution in [0.5, 0.6) is 0 Å². The van der Waals surface area contributed by atoms with Gasteiger partial charge < -0.3 is 0 Å². The second-order valence-electron chi connectivity index (χ2n) is 3.64. The highest BCUT2D eigenvalue weighted by Crippen LogP contribution is 2.37. The van der Waals surface area contributed by atoms with Crippen molar-refractivity contribution in [2.24, 2.45) is 5.41 Å². The quantitative estimate of drug-likeness (QED) is 0.423. The number of nitrogens with zero attached hydrogens (tertiary/aromatic N) is 1. The summed E-state index contributed by atoms with van der Waals surface area (Å²) in [5, 5.41) is 9.50. The topological polar surface area (TPSA) is 57.6 Å². The molecule has 2 amide bonds. The Morgan fingerprint density at radius 1 is 1.64 bits per heavy atom. The number of hydroxylamine groups is 2. The zero-order valence-corrected chi connectivity index (χ0v) is 8.32. The molecule has 0 unspecified atom stereocenters. The minimum Gasteiger partial charge on any atom is -0.278 e. The molecular weight excluding hydrogens is 182 g/mol. The first kappa shape index (κ1) is 10.9. The molecule has 1 fully saturated rings. The molecule has 1 rings (SSSR count). The molecule has 0 aromatic rings. The number of imide groups is 1. The Hall–Kier alpha value is -1.16. The largest absolute Gasteiger partial charge is 0.278 e. The maximum atomic E-state index is 11.7. The third-order valence-electron chi connectivity index (χ3n) is 2.91. The van der Waals surface area contributed by atoms with E-state index in [2.05, 4.69) is 6.58 Å². The molecule has 4 heteroatoms. The molecule has 0 bridgehead atoms. The van der Waals surface area contributed by atoms with Gasteiger partial charge in [0.05, 0.1) is 5.41 Å². The van der Waals surface area contributed by atoms with Gasteiger partial charge in [0.15, 0.2) is 0 Å². The highest BCUT2D eigenvalue weighted by molar-refractivity contribution is 5.99. The zero-order valence-electron chi connectivity index (χ0n) is 8.32. The number of carbonyl (C=O) groups is 2. The van der Waals surface area contributed by atoms with Crippen LogP contribution >= 0.6 is 0 Å². The first-order valence-electron chi connectivity index (χ1n) is 4.74. The molecule has 14 heavy (non-hydrogen) atoms. The van der Waals surface area contributed by atoms with Crippen LogP contribution in [0.1, 0.15) is 32.6 Å². The Morgan fingerprint density at radius 2 is 2.29 bits per heavy atom. The summed E-state index contributed by atoms with van der Waals surface area (Å²) in [5.41, 5.74) is -0.621. The van der Waals surface area contributed by atoms with Gasteiger partial charge in [-0.3, -0.25) is 14.8 Å². The van der Waals surface area contributed by atoms with Crippen molar-refractivity contribution in [3.8, 4) is 0 Å². The van der Waals surface area contributed by atoms with Gasteiger partial charge in [-0.05, 0) is 19.3 Å². The summed E-state index contributed by atoms with van der Waals surface area (Å²) < 4.78 is 0. The summed E-state index contributed by atoms with van der Waals surface area (Å²) in [4.78, 5) is 22.7. The smallest absolute Gasteiger partial charge is 0.259 e. The minimum atomic E-state index is -0.621. The van der Waals surface area contributed by atoms with Crippen molar-refractivity contribution in [1.29, 1.82) is 0 Å². The van der Waals surface area contributed by atoms with E-state index in [1.165, 1.54) is 0 Å². The summed E-state index contributed by atoms with van der Waals surface area (Å²) in [6, 6.07) is 0. The molecule has 0 radical (unpaired) electrons. The van der Waals surface area contributed by atoms with E-state index >= 15 is 0 Å². The summed E-state index contributed by atoms with van der Waals surface area (Å²) >= 11 is 0.